The van der Waals surface area contributed by atoms with Crippen LogP contribution in [0.25, 0.3) is 0 Å². The Kier molecular flexibility index (Phi) is 9.78. The van der Waals surface area contributed by atoms with Gasteiger partial charge in [-0.05, 0) is 42.9 Å². The van der Waals surface area contributed by atoms with E-state index in [1.54, 1.807) is 11.3 Å². The Morgan fingerprint density at radius 3 is 2.82 bits per heavy atom. The highest BCUT2D eigenvalue weighted by Gasteiger charge is 2.30. The number of rotatable bonds is 10. The molecule has 2 atom stereocenters. The lowest BCUT2D eigenvalue weighted by atomic mass is 9.86. The van der Waals surface area contributed by atoms with Crippen molar-refractivity contribution >= 4 is 40.1 Å². The Morgan fingerprint density at radius 2 is 2.18 bits per heavy atom. The van der Waals surface area contributed by atoms with Gasteiger partial charge >= 0.3 is 5.97 Å². The third kappa shape index (κ3) is 7.43. The summed E-state index contributed by atoms with van der Waals surface area (Å²) in [4.78, 5) is 29.1. The second-order valence-corrected chi connectivity index (χ2v) is 8.91. The molecule has 2 N–H and O–H groups in total. The predicted octanol–water partition coefficient (Wildman–Crippen LogP) is 5.09. The van der Waals surface area contributed by atoms with E-state index in [2.05, 4.69) is 18.3 Å². The molecule has 0 fully saturated rings. The zero-order chi connectivity index (χ0) is 20.4. The van der Waals surface area contributed by atoms with Crippen molar-refractivity contribution < 1.29 is 14.7 Å². The number of nitrogens with one attached hydrogen (secondary N) is 1. The molecular formula is C21H30N2O3S2. The molecule has 0 aromatic carbocycles. The van der Waals surface area contributed by atoms with Crippen LogP contribution in [0.15, 0.2) is 34.3 Å². The van der Waals surface area contributed by atoms with E-state index >= 15 is 0 Å². The SMILES string of the molecule is CCCCCC1C(N=C(NC(=O)Cc2cccs2)SC)=CCC1CCC(=O)O. The van der Waals surface area contributed by atoms with Crippen LogP contribution >= 0.6 is 23.1 Å². The van der Waals surface area contributed by atoms with Gasteiger partial charge in [-0.2, -0.15) is 0 Å². The average molecular weight is 423 g/mol. The number of amides is 1. The zero-order valence-corrected chi connectivity index (χ0v) is 18.3. The van der Waals surface area contributed by atoms with Crippen LogP contribution in [-0.4, -0.2) is 28.4 Å². The third-order valence-corrected chi connectivity index (χ3v) is 6.47. The van der Waals surface area contributed by atoms with Crippen molar-refractivity contribution in [2.75, 3.05) is 6.26 Å². The third-order valence-electron chi connectivity index (χ3n) is 5.01. The van der Waals surface area contributed by atoms with Gasteiger partial charge in [-0.3, -0.25) is 9.59 Å². The van der Waals surface area contributed by atoms with Crippen LogP contribution in [0.4, 0.5) is 0 Å². The predicted molar refractivity (Wildman–Crippen MR) is 118 cm³/mol. The molecule has 2 rings (SSSR count). The number of carboxylic acid groups (broad SMARTS) is 1. The number of thiophene rings is 1. The minimum atomic E-state index is -0.741. The number of amidine groups is 1. The molecule has 2 unspecified atom stereocenters. The van der Waals surface area contributed by atoms with Gasteiger partial charge in [0.05, 0.1) is 6.42 Å². The standard InChI is InChI=1S/C21H30N2O3S2/c1-3-4-5-8-17-15(10-12-20(25)26)9-11-18(17)22-21(27-2)23-19(24)14-16-7-6-13-28-16/h6-7,11,13,15,17H,3-5,8-10,12,14H2,1-2H3,(H,25,26)(H,22,23,24). The Bertz CT molecular complexity index is 699. The molecular weight excluding hydrogens is 392 g/mol. The molecule has 1 aliphatic carbocycles. The molecule has 1 aromatic heterocycles. The highest BCUT2D eigenvalue weighted by Crippen LogP contribution is 2.39. The fourth-order valence-corrected chi connectivity index (χ4v) is 4.68. The number of unbranched alkanes of at least 4 members (excludes halogenated alkanes) is 2. The first-order chi connectivity index (χ1) is 13.5. The van der Waals surface area contributed by atoms with E-state index in [4.69, 9.17) is 10.1 Å². The number of thioether (sulfide) groups is 1. The van der Waals surface area contributed by atoms with Crippen molar-refractivity contribution in [2.24, 2.45) is 16.8 Å². The molecule has 1 amide bonds. The lowest BCUT2D eigenvalue weighted by Gasteiger charge is -2.21. The molecule has 154 valence electrons. The van der Waals surface area contributed by atoms with Crippen molar-refractivity contribution in [1.82, 2.24) is 5.32 Å². The van der Waals surface area contributed by atoms with E-state index in [0.717, 1.165) is 36.3 Å². The van der Waals surface area contributed by atoms with Gasteiger partial charge in [-0.15, -0.1) is 11.3 Å². The molecule has 0 spiro atoms. The molecule has 1 aromatic rings. The van der Waals surface area contributed by atoms with E-state index in [-0.39, 0.29) is 18.2 Å². The van der Waals surface area contributed by atoms with Crippen LogP contribution < -0.4 is 5.32 Å². The van der Waals surface area contributed by atoms with Crippen molar-refractivity contribution in [1.29, 1.82) is 0 Å². The van der Waals surface area contributed by atoms with Gasteiger partial charge in [0.2, 0.25) is 5.91 Å². The topological polar surface area (TPSA) is 78.8 Å². The first-order valence-electron chi connectivity index (χ1n) is 9.90. The first-order valence-corrected chi connectivity index (χ1v) is 12.0. The maximum atomic E-state index is 12.3. The van der Waals surface area contributed by atoms with Crippen molar-refractivity contribution in [2.45, 2.75) is 58.3 Å². The summed E-state index contributed by atoms with van der Waals surface area (Å²) in [7, 11) is 0. The lowest BCUT2D eigenvalue weighted by Crippen LogP contribution is -2.29. The molecule has 0 saturated heterocycles. The molecule has 0 radical (unpaired) electrons. The fraction of sp³-hybridized carbons (Fsp3) is 0.571. The van der Waals surface area contributed by atoms with Gasteiger partial charge in [0.25, 0.3) is 0 Å². The number of aliphatic imine (C=N–C) groups is 1. The monoisotopic (exact) mass is 422 g/mol. The second kappa shape index (κ2) is 12.1. The molecule has 5 nitrogen and oxygen atoms in total. The molecule has 28 heavy (non-hydrogen) atoms. The smallest absolute Gasteiger partial charge is 0.303 e. The highest BCUT2D eigenvalue weighted by molar-refractivity contribution is 8.13. The van der Waals surface area contributed by atoms with Crippen LogP contribution in [0.3, 0.4) is 0 Å². The van der Waals surface area contributed by atoms with Gasteiger partial charge in [0.1, 0.15) is 0 Å². The number of carboxylic acids is 1. The number of allylic oxidation sites excluding steroid dienone is 2. The van der Waals surface area contributed by atoms with Crippen molar-refractivity contribution in [3.05, 3.63) is 34.2 Å². The molecule has 0 saturated carbocycles. The summed E-state index contributed by atoms with van der Waals surface area (Å²) in [6, 6.07) is 3.90. The summed E-state index contributed by atoms with van der Waals surface area (Å²) >= 11 is 3.01. The number of hydrogen-bond donors (Lipinski definition) is 2. The lowest BCUT2D eigenvalue weighted by molar-refractivity contribution is -0.137. The Labute approximate surface area is 175 Å². The summed E-state index contributed by atoms with van der Waals surface area (Å²) < 4.78 is 0. The Morgan fingerprint density at radius 1 is 1.36 bits per heavy atom. The van der Waals surface area contributed by atoms with Crippen molar-refractivity contribution in [3.63, 3.8) is 0 Å². The van der Waals surface area contributed by atoms with E-state index in [0.29, 0.717) is 23.9 Å². The number of carbonyl (C=O) groups excluding carboxylic acids is 1. The van der Waals surface area contributed by atoms with E-state index in [1.807, 2.05) is 23.8 Å². The summed E-state index contributed by atoms with van der Waals surface area (Å²) in [6.45, 7) is 2.18. The van der Waals surface area contributed by atoms with Crippen LogP contribution in [0, 0.1) is 11.8 Å². The number of nitrogens with zero attached hydrogens (tertiary/aromatic N) is 1. The number of aliphatic carboxylic acids is 1. The highest BCUT2D eigenvalue weighted by atomic mass is 32.2. The summed E-state index contributed by atoms with van der Waals surface area (Å²) in [6.07, 6.45) is 10.6. The van der Waals surface area contributed by atoms with Gasteiger partial charge in [-0.1, -0.05) is 50.1 Å². The van der Waals surface area contributed by atoms with Crippen LogP contribution in [0.5, 0.6) is 0 Å². The largest absolute Gasteiger partial charge is 0.481 e. The second-order valence-electron chi connectivity index (χ2n) is 7.08. The van der Waals surface area contributed by atoms with Crippen LogP contribution in [0.1, 0.15) is 56.7 Å². The van der Waals surface area contributed by atoms with E-state index in [9.17, 15) is 9.59 Å². The molecule has 0 aliphatic heterocycles. The van der Waals surface area contributed by atoms with Gasteiger partial charge < -0.3 is 10.4 Å². The maximum absolute atomic E-state index is 12.3. The minimum absolute atomic E-state index is 0.0564. The zero-order valence-electron chi connectivity index (χ0n) is 16.6. The number of carbonyl (C=O) groups is 2. The van der Waals surface area contributed by atoms with E-state index in [1.165, 1.54) is 18.2 Å². The molecule has 1 aliphatic rings. The average Bonchev–Trinajstić information content (AvgIpc) is 3.30. The van der Waals surface area contributed by atoms with Gasteiger partial charge in [-0.25, -0.2) is 4.99 Å². The maximum Gasteiger partial charge on any atom is 0.303 e. The summed E-state index contributed by atoms with van der Waals surface area (Å²) in [5.74, 6) is -0.187. The first kappa shape index (κ1) is 22.7. The van der Waals surface area contributed by atoms with Gasteiger partial charge in [0.15, 0.2) is 5.17 Å². The summed E-state index contributed by atoms with van der Waals surface area (Å²) in [5, 5.41) is 14.5. The summed E-state index contributed by atoms with van der Waals surface area (Å²) in [5.41, 5.74) is 1.01. The fourth-order valence-electron chi connectivity index (χ4n) is 3.56. The van der Waals surface area contributed by atoms with Gasteiger partial charge in [0, 0.05) is 22.9 Å². The number of hydrogen-bond acceptors (Lipinski definition) is 5. The van der Waals surface area contributed by atoms with Crippen molar-refractivity contribution in [3.8, 4) is 0 Å². The Hall–Kier alpha value is -1.60. The van der Waals surface area contributed by atoms with E-state index < -0.39 is 5.97 Å². The molecule has 1 heterocycles. The molecule has 7 heteroatoms. The Balaban J connectivity index is 2.02. The molecule has 0 bridgehead atoms. The van der Waals surface area contributed by atoms with Crippen LogP contribution in [0.2, 0.25) is 0 Å². The van der Waals surface area contributed by atoms with Crippen LogP contribution in [-0.2, 0) is 16.0 Å². The minimum Gasteiger partial charge on any atom is -0.481 e. The quantitative estimate of drug-likeness (QED) is 0.313. The normalized spacial score (nSPS) is 19.5.